The van der Waals surface area contributed by atoms with E-state index in [1.54, 1.807) is 6.92 Å². The van der Waals surface area contributed by atoms with Gasteiger partial charge in [0.1, 0.15) is 11.3 Å². The molecule has 0 radical (unpaired) electrons. The number of nitrogens with one attached hydrogen (secondary N) is 1. The van der Waals surface area contributed by atoms with Crippen molar-refractivity contribution >= 4 is 29.2 Å². The zero-order valence-corrected chi connectivity index (χ0v) is 13.0. The zero-order chi connectivity index (χ0) is 16.2. The molecule has 0 fully saturated rings. The standard InChI is InChI=1S/C14H19ClN2O4/c1-4-14(2,7-16)13(20)17-10-6-11(21-3)8(12(18)19)5-9(10)15/h5-6H,4,7,16H2,1-3H3,(H,17,20)(H,18,19). The minimum atomic E-state index is -1.16. The number of benzene rings is 1. The van der Waals surface area contributed by atoms with Crippen LogP contribution >= 0.6 is 11.6 Å². The van der Waals surface area contributed by atoms with Crippen LogP contribution in [0, 0.1) is 5.41 Å². The number of carbonyl (C=O) groups is 2. The number of nitrogens with two attached hydrogens (primary N) is 1. The molecule has 4 N–H and O–H groups in total. The number of methoxy groups -OCH3 is 1. The summed E-state index contributed by atoms with van der Waals surface area (Å²) in [5, 5.41) is 11.8. The number of rotatable bonds is 6. The van der Waals surface area contributed by atoms with E-state index in [1.165, 1.54) is 19.2 Å². The number of anilines is 1. The molecule has 0 bridgehead atoms. The van der Waals surface area contributed by atoms with Crippen LogP contribution in [0.2, 0.25) is 5.02 Å². The number of hydrogen-bond acceptors (Lipinski definition) is 4. The van der Waals surface area contributed by atoms with Gasteiger partial charge < -0.3 is 20.9 Å². The van der Waals surface area contributed by atoms with Gasteiger partial charge in [-0.3, -0.25) is 4.79 Å². The van der Waals surface area contributed by atoms with Crippen LogP contribution in [0.4, 0.5) is 5.69 Å². The number of ether oxygens (including phenoxy) is 1. The molecule has 116 valence electrons. The molecule has 1 rings (SSSR count). The van der Waals surface area contributed by atoms with E-state index in [-0.39, 0.29) is 34.5 Å². The van der Waals surface area contributed by atoms with Gasteiger partial charge in [-0.05, 0) is 19.4 Å². The number of halogens is 1. The van der Waals surface area contributed by atoms with Gasteiger partial charge in [-0.15, -0.1) is 0 Å². The fourth-order valence-electron chi connectivity index (χ4n) is 1.66. The summed E-state index contributed by atoms with van der Waals surface area (Å²) in [6.45, 7) is 3.80. The quantitative estimate of drug-likeness (QED) is 0.748. The highest BCUT2D eigenvalue weighted by Gasteiger charge is 2.30. The lowest BCUT2D eigenvalue weighted by atomic mass is 9.86. The molecule has 1 aromatic carbocycles. The third kappa shape index (κ3) is 3.65. The molecule has 0 aliphatic carbocycles. The van der Waals surface area contributed by atoms with E-state index in [0.29, 0.717) is 6.42 Å². The van der Waals surface area contributed by atoms with Crippen molar-refractivity contribution in [2.24, 2.45) is 11.1 Å². The number of amides is 1. The Morgan fingerprint density at radius 2 is 2.10 bits per heavy atom. The Morgan fingerprint density at radius 3 is 2.52 bits per heavy atom. The summed E-state index contributed by atoms with van der Waals surface area (Å²) < 4.78 is 5.01. The van der Waals surface area contributed by atoms with Crippen molar-refractivity contribution in [2.75, 3.05) is 19.0 Å². The number of aromatic carboxylic acids is 1. The van der Waals surface area contributed by atoms with E-state index < -0.39 is 11.4 Å². The molecular formula is C14H19ClN2O4. The maximum Gasteiger partial charge on any atom is 0.339 e. The lowest BCUT2D eigenvalue weighted by molar-refractivity contribution is -0.124. The molecule has 0 spiro atoms. The van der Waals surface area contributed by atoms with Gasteiger partial charge in [0.05, 0.1) is 23.2 Å². The van der Waals surface area contributed by atoms with E-state index >= 15 is 0 Å². The van der Waals surface area contributed by atoms with Crippen LogP contribution in [-0.4, -0.2) is 30.6 Å². The lowest BCUT2D eigenvalue weighted by Gasteiger charge is -2.25. The summed E-state index contributed by atoms with van der Waals surface area (Å²) in [7, 11) is 1.34. The molecule has 7 heteroatoms. The second kappa shape index (κ2) is 6.78. The molecule has 6 nitrogen and oxygen atoms in total. The molecule has 1 atom stereocenters. The van der Waals surface area contributed by atoms with E-state index in [2.05, 4.69) is 5.32 Å². The minimum absolute atomic E-state index is 0.0717. The van der Waals surface area contributed by atoms with Gasteiger partial charge in [-0.25, -0.2) is 4.79 Å². The predicted octanol–water partition coefficient (Wildman–Crippen LogP) is 2.36. The average molecular weight is 315 g/mol. The Morgan fingerprint density at radius 1 is 1.48 bits per heavy atom. The van der Waals surface area contributed by atoms with Crippen molar-refractivity contribution in [2.45, 2.75) is 20.3 Å². The third-order valence-corrected chi connectivity index (χ3v) is 3.86. The maximum absolute atomic E-state index is 12.3. The third-order valence-electron chi connectivity index (χ3n) is 3.55. The minimum Gasteiger partial charge on any atom is -0.496 e. The smallest absolute Gasteiger partial charge is 0.339 e. The molecule has 1 aromatic rings. The summed E-state index contributed by atoms with van der Waals surface area (Å²) >= 11 is 6.02. The first-order valence-electron chi connectivity index (χ1n) is 6.41. The van der Waals surface area contributed by atoms with Gasteiger partial charge in [0.15, 0.2) is 0 Å². The van der Waals surface area contributed by atoms with E-state index in [9.17, 15) is 9.59 Å². The molecule has 0 aliphatic heterocycles. The monoisotopic (exact) mass is 314 g/mol. The molecule has 1 amide bonds. The maximum atomic E-state index is 12.3. The fraction of sp³-hybridized carbons (Fsp3) is 0.429. The predicted molar refractivity (Wildman–Crippen MR) is 81.0 cm³/mol. The highest BCUT2D eigenvalue weighted by atomic mass is 35.5. The second-order valence-electron chi connectivity index (χ2n) is 4.91. The van der Waals surface area contributed by atoms with Gasteiger partial charge in [-0.2, -0.15) is 0 Å². The van der Waals surface area contributed by atoms with Crippen LogP contribution in [0.3, 0.4) is 0 Å². The van der Waals surface area contributed by atoms with Gasteiger partial charge in [0.25, 0.3) is 0 Å². The summed E-state index contributed by atoms with van der Waals surface area (Å²) in [6, 6.07) is 2.63. The Balaban J connectivity index is 3.15. The van der Waals surface area contributed by atoms with Crippen molar-refractivity contribution < 1.29 is 19.4 Å². The normalized spacial score (nSPS) is 13.4. The highest BCUT2D eigenvalue weighted by Crippen LogP contribution is 2.32. The van der Waals surface area contributed by atoms with Gasteiger partial charge in [-0.1, -0.05) is 18.5 Å². The van der Waals surface area contributed by atoms with Crippen LogP contribution in [0.5, 0.6) is 5.75 Å². The van der Waals surface area contributed by atoms with Crippen molar-refractivity contribution in [1.82, 2.24) is 0 Å². The highest BCUT2D eigenvalue weighted by molar-refractivity contribution is 6.34. The fourth-order valence-corrected chi connectivity index (χ4v) is 1.87. The first-order valence-corrected chi connectivity index (χ1v) is 6.79. The molecule has 0 saturated carbocycles. The number of hydrogen-bond donors (Lipinski definition) is 3. The first kappa shape index (κ1) is 17.3. The largest absolute Gasteiger partial charge is 0.496 e. The van der Waals surface area contributed by atoms with E-state index in [4.69, 9.17) is 27.2 Å². The Kier molecular flexibility index (Phi) is 5.57. The summed E-state index contributed by atoms with van der Waals surface area (Å²) in [6.07, 6.45) is 0.567. The molecule has 0 aromatic heterocycles. The number of carboxylic acids is 1. The van der Waals surface area contributed by atoms with Crippen LogP contribution in [0.1, 0.15) is 30.6 Å². The summed E-state index contributed by atoms with van der Waals surface area (Å²) in [5.74, 6) is -1.32. The summed E-state index contributed by atoms with van der Waals surface area (Å²) in [4.78, 5) is 23.3. The molecule has 0 heterocycles. The Hall–Kier alpha value is -1.79. The van der Waals surface area contributed by atoms with E-state index in [0.717, 1.165) is 0 Å². The van der Waals surface area contributed by atoms with Gasteiger partial charge in [0.2, 0.25) is 5.91 Å². The lowest BCUT2D eigenvalue weighted by Crippen LogP contribution is -2.39. The van der Waals surface area contributed by atoms with Crippen LogP contribution < -0.4 is 15.8 Å². The van der Waals surface area contributed by atoms with Crippen LogP contribution in [0.25, 0.3) is 0 Å². The molecular weight excluding hydrogens is 296 g/mol. The number of carboxylic acid groups (broad SMARTS) is 1. The molecule has 21 heavy (non-hydrogen) atoms. The summed E-state index contributed by atoms with van der Waals surface area (Å²) in [5.41, 5.74) is 5.13. The molecule has 0 aliphatic rings. The van der Waals surface area contributed by atoms with Crippen LogP contribution in [0.15, 0.2) is 12.1 Å². The second-order valence-corrected chi connectivity index (χ2v) is 5.32. The van der Waals surface area contributed by atoms with Gasteiger partial charge >= 0.3 is 5.97 Å². The number of carbonyl (C=O) groups excluding carboxylic acids is 1. The van der Waals surface area contributed by atoms with Crippen molar-refractivity contribution in [1.29, 1.82) is 0 Å². The van der Waals surface area contributed by atoms with Crippen molar-refractivity contribution in [3.63, 3.8) is 0 Å². The molecule has 0 saturated heterocycles. The van der Waals surface area contributed by atoms with E-state index in [1.807, 2.05) is 6.92 Å². The Labute approximate surface area is 128 Å². The van der Waals surface area contributed by atoms with Crippen LogP contribution in [-0.2, 0) is 4.79 Å². The van der Waals surface area contributed by atoms with Gasteiger partial charge in [0, 0.05) is 12.6 Å². The first-order chi connectivity index (χ1) is 9.78. The van der Waals surface area contributed by atoms with Crippen molar-refractivity contribution in [3.05, 3.63) is 22.7 Å². The average Bonchev–Trinajstić information content (AvgIpc) is 2.47. The zero-order valence-electron chi connectivity index (χ0n) is 12.2. The molecule has 1 unspecified atom stereocenters. The Bertz CT molecular complexity index is 556. The SMILES string of the molecule is CCC(C)(CN)C(=O)Nc1cc(OC)c(C(=O)O)cc1Cl. The van der Waals surface area contributed by atoms with Crippen molar-refractivity contribution in [3.8, 4) is 5.75 Å². The topological polar surface area (TPSA) is 102 Å².